The summed E-state index contributed by atoms with van der Waals surface area (Å²) < 4.78 is 7.94. The van der Waals surface area contributed by atoms with Gasteiger partial charge in [-0.05, 0) is 11.6 Å². The van der Waals surface area contributed by atoms with E-state index in [-0.39, 0.29) is 6.10 Å². The maximum Gasteiger partial charge on any atom is 0.118 e. The SMILES string of the molecule is c1ccc(-c2nnn3c2CO[C@H](CNCc2cccnc2)C3)cc1. The molecule has 6 heteroatoms. The molecule has 0 fully saturated rings. The molecule has 1 atom stereocenters. The van der Waals surface area contributed by atoms with Crippen LogP contribution in [-0.4, -0.2) is 32.6 Å². The standard InChI is InChI=1S/C18H19N5O/c1-2-6-15(7-3-1)18-17-13-24-16(12-23(17)22-21-18)11-20-10-14-5-4-8-19-9-14/h1-9,16,20H,10-13H2/t16-/m1/s1. The number of pyridine rings is 1. The van der Waals surface area contributed by atoms with Crippen LogP contribution in [0, 0.1) is 0 Å². The van der Waals surface area contributed by atoms with Gasteiger partial charge < -0.3 is 10.1 Å². The summed E-state index contributed by atoms with van der Waals surface area (Å²) in [6, 6.07) is 14.1. The summed E-state index contributed by atoms with van der Waals surface area (Å²) in [4.78, 5) is 4.12. The third-order valence-corrected chi connectivity index (χ3v) is 4.14. The highest BCUT2D eigenvalue weighted by Gasteiger charge is 2.23. The van der Waals surface area contributed by atoms with Gasteiger partial charge in [-0.25, -0.2) is 4.68 Å². The smallest absolute Gasteiger partial charge is 0.118 e. The van der Waals surface area contributed by atoms with Crippen LogP contribution in [0.15, 0.2) is 54.9 Å². The van der Waals surface area contributed by atoms with E-state index in [9.17, 15) is 0 Å². The van der Waals surface area contributed by atoms with Crippen molar-refractivity contribution in [1.29, 1.82) is 0 Å². The Labute approximate surface area is 140 Å². The third-order valence-electron chi connectivity index (χ3n) is 4.14. The topological polar surface area (TPSA) is 64.9 Å². The summed E-state index contributed by atoms with van der Waals surface area (Å²) in [5.41, 5.74) is 4.21. The van der Waals surface area contributed by atoms with Crippen molar-refractivity contribution >= 4 is 0 Å². The van der Waals surface area contributed by atoms with Gasteiger partial charge in [-0.15, -0.1) is 5.10 Å². The molecule has 1 aliphatic rings. The maximum absolute atomic E-state index is 5.98. The molecule has 1 aromatic carbocycles. The number of ether oxygens (including phenoxy) is 1. The van der Waals surface area contributed by atoms with Crippen molar-refractivity contribution < 1.29 is 4.74 Å². The molecule has 24 heavy (non-hydrogen) atoms. The van der Waals surface area contributed by atoms with E-state index in [1.54, 1.807) is 6.20 Å². The molecule has 3 aromatic rings. The zero-order chi connectivity index (χ0) is 16.2. The fourth-order valence-corrected chi connectivity index (χ4v) is 2.89. The summed E-state index contributed by atoms with van der Waals surface area (Å²) in [7, 11) is 0. The van der Waals surface area contributed by atoms with Gasteiger partial charge in [-0.3, -0.25) is 4.98 Å². The molecule has 0 unspecified atom stereocenters. The zero-order valence-electron chi connectivity index (χ0n) is 13.3. The monoisotopic (exact) mass is 321 g/mol. The lowest BCUT2D eigenvalue weighted by atomic mass is 10.1. The fraction of sp³-hybridized carbons (Fsp3) is 0.278. The Morgan fingerprint density at radius 2 is 2.08 bits per heavy atom. The molecule has 0 bridgehead atoms. The molecule has 2 aromatic heterocycles. The second kappa shape index (κ2) is 6.90. The highest BCUT2D eigenvalue weighted by atomic mass is 16.5. The number of hydrogen-bond acceptors (Lipinski definition) is 5. The highest BCUT2D eigenvalue weighted by Crippen LogP contribution is 2.24. The first kappa shape index (κ1) is 15.0. The van der Waals surface area contributed by atoms with Crippen molar-refractivity contribution in [3.05, 3.63) is 66.1 Å². The van der Waals surface area contributed by atoms with Crippen LogP contribution in [0.4, 0.5) is 0 Å². The number of rotatable bonds is 5. The molecule has 1 aliphatic heterocycles. The molecule has 4 rings (SSSR count). The van der Waals surface area contributed by atoms with Gasteiger partial charge in [0.15, 0.2) is 0 Å². The fourth-order valence-electron chi connectivity index (χ4n) is 2.89. The molecule has 0 saturated heterocycles. The number of benzene rings is 1. The maximum atomic E-state index is 5.98. The molecule has 3 heterocycles. The van der Waals surface area contributed by atoms with E-state index in [1.807, 2.05) is 47.3 Å². The number of fused-ring (bicyclic) bond motifs is 1. The van der Waals surface area contributed by atoms with Crippen molar-refractivity contribution in [3.63, 3.8) is 0 Å². The van der Waals surface area contributed by atoms with Crippen molar-refractivity contribution in [2.24, 2.45) is 0 Å². The van der Waals surface area contributed by atoms with Gasteiger partial charge in [0, 0.05) is 31.0 Å². The first-order valence-electron chi connectivity index (χ1n) is 8.09. The average Bonchev–Trinajstić information content (AvgIpc) is 3.07. The van der Waals surface area contributed by atoms with Crippen LogP contribution in [0.2, 0.25) is 0 Å². The van der Waals surface area contributed by atoms with Crippen LogP contribution >= 0.6 is 0 Å². The summed E-state index contributed by atoms with van der Waals surface area (Å²) in [6.45, 7) is 2.81. The van der Waals surface area contributed by atoms with E-state index in [0.717, 1.165) is 36.6 Å². The first-order valence-corrected chi connectivity index (χ1v) is 8.09. The molecular formula is C18H19N5O. The summed E-state index contributed by atoms with van der Waals surface area (Å²) >= 11 is 0. The lowest BCUT2D eigenvalue weighted by molar-refractivity contribution is 0.00125. The van der Waals surface area contributed by atoms with Crippen LogP contribution in [0.25, 0.3) is 11.3 Å². The van der Waals surface area contributed by atoms with Gasteiger partial charge in [0.1, 0.15) is 5.69 Å². The molecule has 0 amide bonds. The molecule has 0 aliphatic carbocycles. The molecule has 6 nitrogen and oxygen atoms in total. The van der Waals surface area contributed by atoms with Gasteiger partial charge in [0.25, 0.3) is 0 Å². The predicted octanol–water partition coefficient (Wildman–Crippen LogP) is 2.03. The molecule has 0 saturated carbocycles. The Morgan fingerprint density at radius 3 is 2.92 bits per heavy atom. The highest BCUT2D eigenvalue weighted by molar-refractivity contribution is 5.61. The van der Waals surface area contributed by atoms with Gasteiger partial charge in [-0.2, -0.15) is 0 Å². The minimum atomic E-state index is 0.0968. The Bertz CT molecular complexity index is 788. The second-order valence-corrected chi connectivity index (χ2v) is 5.86. The van der Waals surface area contributed by atoms with Crippen LogP contribution in [-0.2, 0) is 24.4 Å². The molecule has 0 spiro atoms. The molecule has 122 valence electrons. The lowest BCUT2D eigenvalue weighted by Gasteiger charge is -2.24. The van der Waals surface area contributed by atoms with Gasteiger partial charge in [0.2, 0.25) is 0 Å². The summed E-state index contributed by atoms with van der Waals surface area (Å²) in [6.07, 6.45) is 3.75. The normalized spacial score (nSPS) is 16.8. The van der Waals surface area contributed by atoms with Crippen molar-refractivity contribution in [3.8, 4) is 11.3 Å². The van der Waals surface area contributed by atoms with Crippen molar-refractivity contribution in [1.82, 2.24) is 25.3 Å². The Balaban J connectivity index is 1.37. The molecule has 1 N–H and O–H groups in total. The third kappa shape index (κ3) is 3.20. The van der Waals surface area contributed by atoms with Gasteiger partial charge in [0.05, 0.1) is 24.9 Å². The summed E-state index contributed by atoms with van der Waals surface area (Å²) in [5, 5.41) is 12.0. The minimum absolute atomic E-state index is 0.0968. The Morgan fingerprint density at radius 1 is 1.17 bits per heavy atom. The number of nitrogens with one attached hydrogen (secondary N) is 1. The van der Waals surface area contributed by atoms with E-state index < -0.39 is 0 Å². The number of hydrogen-bond donors (Lipinski definition) is 1. The minimum Gasteiger partial charge on any atom is -0.369 e. The lowest BCUT2D eigenvalue weighted by Crippen LogP contribution is -2.36. The van der Waals surface area contributed by atoms with E-state index in [4.69, 9.17) is 4.74 Å². The van der Waals surface area contributed by atoms with Crippen LogP contribution in [0.5, 0.6) is 0 Å². The van der Waals surface area contributed by atoms with Crippen LogP contribution < -0.4 is 5.32 Å². The van der Waals surface area contributed by atoms with E-state index >= 15 is 0 Å². The first-order chi connectivity index (χ1) is 11.9. The van der Waals surface area contributed by atoms with E-state index in [0.29, 0.717) is 6.61 Å². The zero-order valence-corrected chi connectivity index (χ0v) is 13.3. The molecular weight excluding hydrogens is 302 g/mol. The largest absolute Gasteiger partial charge is 0.369 e. The van der Waals surface area contributed by atoms with E-state index in [1.165, 1.54) is 5.56 Å². The van der Waals surface area contributed by atoms with Gasteiger partial charge >= 0.3 is 0 Å². The van der Waals surface area contributed by atoms with Crippen LogP contribution in [0.3, 0.4) is 0 Å². The van der Waals surface area contributed by atoms with E-state index in [2.05, 4.69) is 26.7 Å². The number of nitrogens with zero attached hydrogens (tertiary/aromatic N) is 4. The quantitative estimate of drug-likeness (QED) is 0.779. The number of aromatic nitrogens is 4. The van der Waals surface area contributed by atoms with Gasteiger partial charge in [-0.1, -0.05) is 41.6 Å². The Kier molecular flexibility index (Phi) is 4.31. The van der Waals surface area contributed by atoms with Crippen molar-refractivity contribution in [2.75, 3.05) is 6.54 Å². The predicted molar refractivity (Wildman–Crippen MR) is 90.0 cm³/mol. The second-order valence-electron chi connectivity index (χ2n) is 5.86. The summed E-state index contributed by atoms with van der Waals surface area (Å²) in [5.74, 6) is 0. The van der Waals surface area contributed by atoms with Crippen LogP contribution in [0.1, 0.15) is 11.3 Å². The van der Waals surface area contributed by atoms with Crippen molar-refractivity contribution in [2.45, 2.75) is 25.8 Å². The Hall–Kier alpha value is -2.57. The average molecular weight is 321 g/mol. The molecule has 0 radical (unpaired) electrons.